The number of aryl methyl sites for hydroxylation is 1. The lowest BCUT2D eigenvalue weighted by Crippen LogP contribution is -2.05. The van der Waals surface area contributed by atoms with E-state index in [1.165, 1.54) is 4.88 Å². The first-order valence-corrected chi connectivity index (χ1v) is 6.13. The van der Waals surface area contributed by atoms with Crippen molar-refractivity contribution >= 4 is 17.2 Å². The Balaban J connectivity index is 2.32. The highest BCUT2D eigenvalue weighted by Crippen LogP contribution is 2.17. The fourth-order valence-electron chi connectivity index (χ4n) is 1.58. The highest BCUT2D eigenvalue weighted by molar-refractivity contribution is 7.09. The molecule has 0 aliphatic carbocycles. The molecule has 0 amide bonds. The molecule has 84 valence electrons. The van der Waals surface area contributed by atoms with Crippen molar-refractivity contribution in [2.24, 2.45) is 0 Å². The van der Waals surface area contributed by atoms with Gasteiger partial charge in [-0.1, -0.05) is 6.07 Å². The maximum atomic E-state index is 4.51. The second-order valence-electron chi connectivity index (χ2n) is 3.70. The minimum absolute atomic E-state index is 0.813. The van der Waals surface area contributed by atoms with Gasteiger partial charge in [-0.3, -0.25) is 0 Å². The van der Waals surface area contributed by atoms with Gasteiger partial charge >= 0.3 is 0 Å². The van der Waals surface area contributed by atoms with E-state index in [1.54, 1.807) is 11.3 Å². The van der Waals surface area contributed by atoms with Gasteiger partial charge in [-0.2, -0.15) is 0 Å². The average molecular weight is 233 g/mol. The Kier molecular flexibility index (Phi) is 3.19. The normalized spacial score (nSPS) is 10.4. The van der Waals surface area contributed by atoms with Crippen molar-refractivity contribution in [1.29, 1.82) is 0 Å². The van der Waals surface area contributed by atoms with E-state index < -0.39 is 0 Å². The number of thiophene rings is 1. The van der Waals surface area contributed by atoms with Gasteiger partial charge in [0.15, 0.2) is 0 Å². The number of hydrogen-bond acceptors (Lipinski definition) is 4. The summed E-state index contributed by atoms with van der Waals surface area (Å²) in [5, 5.41) is 5.19. The van der Waals surface area contributed by atoms with Crippen LogP contribution in [-0.2, 0) is 6.42 Å². The number of aromatic nitrogens is 2. The zero-order valence-electron chi connectivity index (χ0n) is 9.74. The van der Waals surface area contributed by atoms with E-state index in [0.29, 0.717) is 0 Å². The van der Waals surface area contributed by atoms with Crippen LogP contribution in [0.15, 0.2) is 17.5 Å². The number of nitrogens with one attached hydrogen (secondary N) is 1. The molecule has 0 aliphatic heterocycles. The molecular formula is C12H15N3S. The van der Waals surface area contributed by atoms with Crippen LogP contribution in [0.3, 0.4) is 0 Å². The second kappa shape index (κ2) is 4.61. The van der Waals surface area contributed by atoms with Gasteiger partial charge in [0, 0.05) is 29.6 Å². The van der Waals surface area contributed by atoms with E-state index in [2.05, 4.69) is 32.8 Å². The second-order valence-corrected chi connectivity index (χ2v) is 4.74. The summed E-state index contributed by atoms with van der Waals surface area (Å²) in [4.78, 5) is 10.3. The summed E-state index contributed by atoms with van der Waals surface area (Å²) < 4.78 is 0. The van der Waals surface area contributed by atoms with E-state index >= 15 is 0 Å². The van der Waals surface area contributed by atoms with Crippen LogP contribution in [0, 0.1) is 13.8 Å². The third-order valence-electron chi connectivity index (χ3n) is 2.58. The van der Waals surface area contributed by atoms with Crippen LogP contribution in [0.2, 0.25) is 0 Å². The number of hydrogen-bond donors (Lipinski definition) is 1. The molecule has 0 spiro atoms. The molecular weight excluding hydrogens is 218 g/mol. The number of anilines is 1. The summed E-state index contributed by atoms with van der Waals surface area (Å²) in [5.74, 6) is 1.81. The van der Waals surface area contributed by atoms with E-state index in [-0.39, 0.29) is 0 Å². The molecule has 0 saturated heterocycles. The zero-order valence-corrected chi connectivity index (χ0v) is 10.6. The SMILES string of the molecule is CNc1nc(Cc2cccs2)nc(C)c1C. The number of rotatable bonds is 3. The monoisotopic (exact) mass is 233 g/mol. The summed E-state index contributed by atoms with van der Waals surface area (Å²) in [7, 11) is 1.89. The molecule has 0 aromatic carbocycles. The summed E-state index contributed by atoms with van der Waals surface area (Å²) in [5.41, 5.74) is 2.17. The van der Waals surface area contributed by atoms with E-state index in [0.717, 1.165) is 29.3 Å². The molecule has 0 unspecified atom stereocenters. The van der Waals surface area contributed by atoms with Crippen molar-refractivity contribution in [3.05, 3.63) is 39.5 Å². The average Bonchev–Trinajstić information content (AvgIpc) is 2.76. The molecule has 2 aromatic heterocycles. The molecule has 2 aromatic rings. The van der Waals surface area contributed by atoms with Crippen molar-refractivity contribution in [3.63, 3.8) is 0 Å². The van der Waals surface area contributed by atoms with Crippen molar-refractivity contribution in [2.75, 3.05) is 12.4 Å². The van der Waals surface area contributed by atoms with Crippen molar-refractivity contribution in [2.45, 2.75) is 20.3 Å². The van der Waals surface area contributed by atoms with Crippen LogP contribution in [0.1, 0.15) is 22.0 Å². The van der Waals surface area contributed by atoms with Crippen LogP contribution in [0.4, 0.5) is 5.82 Å². The molecule has 0 saturated carbocycles. The Morgan fingerprint density at radius 1 is 1.31 bits per heavy atom. The maximum absolute atomic E-state index is 4.51. The van der Waals surface area contributed by atoms with Gasteiger partial charge in [0.25, 0.3) is 0 Å². The summed E-state index contributed by atoms with van der Waals surface area (Å²) >= 11 is 1.74. The van der Waals surface area contributed by atoms with Crippen LogP contribution in [0.5, 0.6) is 0 Å². The fourth-order valence-corrected chi connectivity index (χ4v) is 2.28. The summed E-state index contributed by atoms with van der Waals surface area (Å²) in [6, 6.07) is 4.17. The lowest BCUT2D eigenvalue weighted by atomic mass is 10.2. The highest BCUT2D eigenvalue weighted by Gasteiger charge is 2.07. The van der Waals surface area contributed by atoms with Crippen LogP contribution in [0.25, 0.3) is 0 Å². The van der Waals surface area contributed by atoms with Gasteiger partial charge in [-0.05, 0) is 25.3 Å². The van der Waals surface area contributed by atoms with E-state index in [1.807, 2.05) is 20.9 Å². The molecule has 0 fully saturated rings. The Morgan fingerprint density at radius 2 is 2.12 bits per heavy atom. The molecule has 16 heavy (non-hydrogen) atoms. The molecule has 0 bridgehead atoms. The predicted molar refractivity (Wildman–Crippen MR) is 68.2 cm³/mol. The molecule has 0 atom stereocenters. The first kappa shape index (κ1) is 11.1. The molecule has 0 aliphatic rings. The third kappa shape index (κ3) is 2.22. The van der Waals surface area contributed by atoms with Crippen molar-refractivity contribution in [3.8, 4) is 0 Å². The first-order valence-electron chi connectivity index (χ1n) is 5.25. The Hall–Kier alpha value is -1.42. The lowest BCUT2D eigenvalue weighted by Gasteiger charge is -2.08. The van der Waals surface area contributed by atoms with Crippen LogP contribution in [-0.4, -0.2) is 17.0 Å². The fraction of sp³-hybridized carbons (Fsp3) is 0.333. The molecule has 0 radical (unpaired) electrons. The predicted octanol–water partition coefficient (Wildman–Crippen LogP) is 2.79. The van der Waals surface area contributed by atoms with E-state index in [4.69, 9.17) is 0 Å². The Labute approximate surface area is 99.6 Å². The lowest BCUT2D eigenvalue weighted by molar-refractivity contribution is 0.938. The van der Waals surface area contributed by atoms with Gasteiger partial charge in [0.1, 0.15) is 11.6 Å². The minimum atomic E-state index is 0.813. The quantitative estimate of drug-likeness (QED) is 0.885. The largest absolute Gasteiger partial charge is 0.373 e. The zero-order chi connectivity index (χ0) is 11.5. The molecule has 2 heterocycles. The molecule has 1 N–H and O–H groups in total. The Bertz CT molecular complexity index is 477. The summed E-state index contributed by atoms with van der Waals surface area (Å²) in [6.45, 7) is 4.06. The molecule has 2 rings (SSSR count). The van der Waals surface area contributed by atoms with E-state index in [9.17, 15) is 0 Å². The van der Waals surface area contributed by atoms with Crippen molar-refractivity contribution in [1.82, 2.24) is 9.97 Å². The van der Waals surface area contributed by atoms with Gasteiger partial charge in [-0.15, -0.1) is 11.3 Å². The molecule has 3 nitrogen and oxygen atoms in total. The highest BCUT2D eigenvalue weighted by atomic mass is 32.1. The molecule has 4 heteroatoms. The van der Waals surface area contributed by atoms with Gasteiger partial charge in [0.2, 0.25) is 0 Å². The number of nitrogens with zero attached hydrogens (tertiary/aromatic N) is 2. The van der Waals surface area contributed by atoms with Gasteiger partial charge < -0.3 is 5.32 Å². The van der Waals surface area contributed by atoms with Gasteiger partial charge in [0.05, 0.1) is 0 Å². The van der Waals surface area contributed by atoms with Gasteiger partial charge in [-0.25, -0.2) is 9.97 Å². The minimum Gasteiger partial charge on any atom is -0.373 e. The summed E-state index contributed by atoms with van der Waals surface area (Å²) in [6.07, 6.45) is 0.813. The smallest absolute Gasteiger partial charge is 0.136 e. The third-order valence-corrected chi connectivity index (χ3v) is 3.46. The first-order chi connectivity index (χ1) is 7.70. The van der Waals surface area contributed by atoms with Crippen LogP contribution >= 0.6 is 11.3 Å². The van der Waals surface area contributed by atoms with Crippen LogP contribution < -0.4 is 5.32 Å². The topological polar surface area (TPSA) is 37.8 Å². The Morgan fingerprint density at radius 3 is 2.75 bits per heavy atom. The standard InChI is InChI=1S/C12H15N3S/c1-8-9(2)14-11(15-12(8)13-3)7-10-5-4-6-16-10/h4-6H,7H2,1-3H3,(H,13,14,15). The van der Waals surface area contributed by atoms with Crippen molar-refractivity contribution < 1.29 is 0 Å². The maximum Gasteiger partial charge on any atom is 0.136 e.